The molecule has 0 fully saturated rings. The highest BCUT2D eigenvalue weighted by Gasteiger charge is 1.97. The highest BCUT2D eigenvalue weighted by Crippen LogP contribution is 2.11. The largest absolute Gasteiger partial charge is 0.0995 e. The van der Waals surface area contributed by atoms with Crippen LogP contribution in [0.5, 0.6) is 0 Å². The first-order valence-corrected chi connectivity index (χ1v) is 2.92. The molecule has 0 rings (SSSR count). The summed E-state index contributed by atoms with van der Waals surface area (Å²) in [6.07, 6.45) is 2.76. The van der Waals surface area contributed by atoms with Gasteiger partial charge in [-0.2, -0.15) is 0 Å². The third kappa shape index (κ3) is 1.97. The van der Waals surface area contributed by atoms with Gasteiger partial charge in [-0.3, -0.25) is 0 Å². The third-order valence-corrected chi connectivity index (χ3v) is 1.31. The van der Waals surface area contributed by atoms with Crippen LogP contribution in [0.4, 0.5) is 0 Å². The van der Waals surface area contributed by atoms with E-state index in [1.54, 1.807) is 6.08 Å². The first-order valence-electron chi connectivity index (χ1n) is 2.92. The smallest absolute Gasteiger partial charge is 0.00282 e. The molecule has 0 aliphatic carbocycles. The van der Waals surface area contributed by atoms with E-state index < -0.39 is 0 Å². The Kier molecular flexibility index (Phi) is 3.25. The van der Waals surface area contributed by atoms with Crippen molar-refractivity contribution < 1.29 is 0 Å². The van der Waals surface area contributed by atoms with E-state index in [0.717, 1.165) is 12.0 Å². The third-order valence-electron chi connectivity index (χ3n) is 1.31. The molecule has 1 radical (unpaired) electrons. The average Bonchev–Trinajstić information content (AvgIpc) is 1.69. The molecule has 0 spiro atoms. The Morgan fingerprint density at radius 2 is 2.38 bits per heavy atom. The predicted octanol–water partition coefficient (Wildman–Crippen LogP) is 2.58. The Hall–Kier alpha value is -0.520. The minimum Gasteiger partial charge on any atom is -0.0995 e. The first-order chi connectivity index (χ1) is 3.72. The molecule has 0 N–H and O–H groups in total. The zero-order chi connectivity index (χ0) is 6.57. The Labute approximate surface area is 51.9 Å². The molecule has 0 aliphatic rings. The van der Waals surface area contributed by atoms with Crippen molar-refractivity contribution in [3.05, 3.63) is 24.8 Å². The molecule has 0 saturated heterocycles. The second kappa shape index (κ2) is 3.48. The van der Waals surface area contributed by atoms with E-state index in [1.165, 1.54) is 0 Å². The molecule has 0 amide bonds. The van der Waals surface area contributed by atoms with Gasteiger partial charge in [0.1, 0.15) is 0 Å². The summed E-state index contributed by atoms with van der Waals surface area (Å²) in [6, 6.07) is 0. The van der Waals surface area contributed by atoms with E-state index in [-0.39, 0.29) is 0 Å². The van der Waals surface area contributed by atoms with Gasteiger partial charge in [-0.15, -0.1) is 0 Å². The van der Waals surface area contributed by atoms with Gasteiger partial charge in [-0.05, 0) is 19.3 Å². The number of hydrogen-bond donors (Lipinski definition) is 0. The Morgan fingerprint density at radius 3 is 2.38 bits per heavy atom. The Balaban J connectivity index is 3.69. The van der Waals surface area contributed by atoms with Crippen LogP contribution < -0.4 is 0 Å². The van der Waals surface area contributed by atoms with Crippen molar-refractivity contribution in [2.45, 2.75) is 20.3 Å². The Bertz CT molecular complexity index is 90.2. The lowest BCUT2D eigenvalue weighted by Gasteiger charge is -2.06. The minimum atomic E-state index is 0.412. The van der Waals surface area contributed by atoms with Crippen LogP contribution in [0, 0.1) is 12.5 Å². The van der Waals surface area contributed by atoms with Gasteiger partial charge in [0, 0.05) is 0 Å². The van der Waals surface area contributed by atoms with Crippen molar-refractivity contribution in [2.24, 2.45) is 5.92 Å². The van der Waals surface area contributed by atoms with E-state index in [9.17, 15) is 0 Å². The van der Waals surface area contributed by atoms with Gasteiger partial charge in [-0.25, -0.2) is 0 Å². The monoisotopic (exact) mass is 109 g/mol. The molecule has 0 heteroatoms. The average molecular weight is 109 g/mol. The van der Waals surface area contributed by atoms with Crippen LogP contribution in [0.3, 0.4) is 0 Å². The highest BCUT2D eigenvalue weighted by atomic mass is 14.0. The quantitative estimate of drug-likeness (QED) is 0.489. The summed E-state index contributed by atoms with van der Waals surface area (Å²) in [5.74, 6) is 0.412. The normalized spacial score (nSPS) is 12.8. The summed E-state index contributed by atoms with van der Waals surface area (Å²) in [6.45, 7) is 13.2. The topological polar surface area (TPSA) is 0 Å². The molecule has 8 heavy (non-hydrogen) atoms. The summed E-state index contributed by atoms with van der Waals surface area (Å²) >= 11 is 0. The van der Waals surface area contributed by atoms with Crippen LogP contribution in [0.25, 0.3) is 0 Å². The maximum absolute atomic E-state index is 5.30. The fourth-order valence-corrected chi connectivity index (χ4v) is 0.649. The van der Waals surface area contributed by atoms with Crippen LogP contribution in [0.2, 0.25) is 0 Å². The van der Waals surface area contributed by atoms with Crippen molar-refractivity contribution in [3.8, 4) is 0 Å². The molecular formula is C8H13. The van der Waals surface area contributed by atoms with E-state index in [1.807, 2.05) is 6.92 Å². The molecule has 1 atom stereocenters. The molecule has 0 nitrogen and oxygen atoms in total. The zero-order valence-corrected chi connectivity index (χ0v) is 5.65. The second-order valence-corrected chi connectivity index (χ2v) is 2.05. The number of allylic oxidation sites excluding steroid dienone is 2. The van der Waals surface area contributed by atoms with Crippen LogP contribution >= 0.6 is 0 Å². The zero-order valence-electron chi connectivity index (χ0n) is 5.65. The highest BCUT2D eigenvalue weighted by molar-refractivity contribution is 5.02. The first kappa shape index (κ1) is 7.48. The molecular weight excluding hydrogens is 96.1 g/mol. The van der Waals surface area contributed by atoms with Crippen LogP contribution in [-0.4, -0.2) is 0 Å². The summed E-state index contributed by atoms with van der Waals surface area (Å²) in [5, 5.41) is 0. The van der Waals surface area contributed by atoms with Gasteiger partial charge >= 0.3 is 0 Å². The fourth-order valence-electron chi connectivity index (χ4n) is 0.649. The molecule has 1 unspecified atom stereocenters. The van der Waals surface area contributed by atoms with Crippen molar-refractivity contribution >= 4 is 0 Å². The van der Waals surface area contributed by atoms with Crippen LogP contribution in [0.15, 0.2) is 18.2 Å². The van der Waals surface area contributed by atoms with E-state index in [0.29, 0.717) is 5.92 Å². The maximum atomic E-state index is 5.30. The standard InChI is InChI=1S/C8H13/c1-5-8(6-2)7(3)4/h1,5,8H,3,6H2,2,4H3. The second-order valence-electron chi connectivity index (χ2n) is 2.05. The molecule has 0 saturated carbocycles. The number of rotatable bonds is 3. The number of hydrogen-bond acceptors (Lipinski definition) is 0. The molecule has 0 aromatic rings. The molecule has 0 aromatic carbocycles. The lowest BCUT2D eigenvalue weighted by atomic mass is 10.00. The van der Waals surface area contributed by atoms with E-state index in [4.69, 9.17) is 6.58 Å². The van der Waals surface area contributed by atoms with E-state index >= 15 is 0 Å². The van der Waals surface area contributed by atoms with Gasteiger partial charge in [-0.1, -0.05) is 31.7 Å². The van der Waals surface area contributed by atoms with Gasteiger partial charge in [0.05, 0.1) is 0 Å². The van der Waals surface area contributed by atoms with Gasteiger partial charge in [0.15, 0.2) is 0 Å². The Morgan fingerprint density at radius 1 is 1.88 bits per heavy atom. The molecule has 0 aliphatic heterocycles. The minimum absolute atomic E-state index is 0.412. The van der Waals surface area contributed by atoms with E-state index in [2.05, 4.69) is 13.5 Å². The molecule has 0 aromatic heterocycles. The summed E-state index contributed by atoms with van der Waals surface area (Å²) in [5.41, 5.74) is 1.15. The van der Waals surface area contributed by atoms with Crippen LogP contribution in [-0.2, 0) is 0 Å². The lowest BCUT2D eigenvalue weighted by molar-refractivity contribution is 0.730. The maximum Gasteiger partial charge on any atom is -0.00282 e. The van der Waals surface area contributed by atoms with Gasteiger partial charge < -0.3 is 0 Å². The summed E-state index contributed by atoms with van der Waals surface area (Å²) in [7, 11) is 0. The molecule has 0 bridgehead atoms. The van der Waals surface area contributed by atoms with Gasteiger partial charge in [0.25, 0.3) is 0 Å². The van der Waals surface area contributed by atoms with Crippen molar-refractivity contribution in [2.75, 3.05) is 0 Å². The van der Waals surface area contributed by atoms with Crippen molar-refractivity contribution in [3.63, 3.8) is 0 Å². The molecule has 45 valence electrons. The van der Waals surface area contributed by atoms with Gasteiger partial charge in [0.2, 0.25) is 0 Å². The summed E-state index contributed by atoms with van der Waals surface area (Å²) in [4.78, 5) is 0. The summed E-state index contributed by atoms with van der Waals surface area (Å²) < 4.78 is 0. The molecule has 0 heterocycles. The van der Waals surface area contributed by atoms with Crippen molar-refractivity contribution in [1.29, 1.82) is 0 Å². The van der Waals surface area contributed by atoms with Crippen molar-refractivity contribution in [1.82, 2.24) is 0 Å². The van der Waals surface area contributed by atoms with Crippen LogP contribution in [0.1, 0.15) is 20.3 Å². The SMILES string of the molecule is [CH]=CC(CC)C(=C)C. The predicted molar refractivity (Wildman–Crippen MR) is 37.5 cm³/mol. The fraction of sp³-hybridized carbons (Fsp3) is 0.500. The lowest BCUT2D eigenvalue weighted by Crippen LogP contribution is -1.92.